The minimum Gasteiger partial charge on any atom is -0.297 e. The van der Waals surface area contributed by atoms with E-state index in [4.69, 9.17) is 16.6 Å². The number of aromatic nitrogens is 1. The van der Waals surface area contributed by atoms with Gasteiger partial charge in [0.15, 0.2) is 5.84 Å². The van der Waals surface area contributed by atoms with Crippen LogP contribution in [0.25, 0.3) is 0 Å². The Kier molecular flexibility index (Phi) is 10.0. The summed E-state index contributed by atoms with van der Waals surface area (Å²) in [6, 6.07) is 22.1. The smallest absolute Gasteiger partial charge is 0.297 e. The largest absolute Gasteiger partial charge is 2.00 e. The van der Waals surface area contributed by atoms with Gasteiger partial charge in [0.25, 0.3) is 0 Å². The van der Waals surface area contributed by atoms with Crippen LogP contribution in [0.5, 0.6) is 0 Å². The quantitative estimate of drug-likeness (QED) is 0.322. The van der Waals surface area contributed by atoms with Crippen LogP contribution < -0.4 is 4.90 Å². The number of para-hydroxylation sites is 1. The van der Waals surface area contributed by atoms with Crippen molar-refractivity contribution in [2.45, 2.75) is 13.0 Å². The van der Waals surface area contributed by atoms with Crippen molar-refractivity contribution in [3.63, 3.8) is 0 Å². The molecule has 3 nitrogen and oxygen atoms in total. The maximum Gasteiger partial charge on any atom is 2.00 e. The van der Waals surface area contributed by atoms with Crippen LogP contribution in [0.1, 0.15) is 22.9 Å². The average Bonchev–Trinajstić information content (AvgIpc) is 3.67. The molecule has 5 heteroatoms. The Hall–Kier alpha value is -2.39. The number of aliphatic imine (C=N–C) groups is 1. The normalized spacial score (nSPS) is 19.4. The molecular formula is C32H26ClFeN3+2. The molecule has 10 radical (unpaired) electrons. The summed E-state index contributed by atoms with van der Waals surface area (Å²) in [6.07, 6.45) is 22.4. The van der Waals surface area contributed by atoms with Gasteiger partial charge in [0, 0.05) is 22.8 Å². The predicted octanol–water partition coefficient (Wildman–Crippen LogP) is 7.36. The maximum absolute atomic E-state index is 6.14. The van der Waals surface area contributed by atoms with E-state index < -0.39 is 0 Å². The van der Waals surface area contributed by atoms with Crippen LogP contribution in [0.2, 0.25) is 5.02 Å². The molecule has 182 valence electrons. The summed E-state index contributed by atoms with van der Waals surface area (Å²) in [4.78, 5) is 12.0. The molecular weight excluding hydrogens is 518 g/mol. The first kappa shape index (κ1) is 27.6. The van der Waals surface area contributed by atoms with E-state index in [0.717, 1.165) is 39.4 Å². The first-order valence-electron chi connectivity index (χ1n) is 11.9. The molecule has 2 aromatic carbocycles. The Balaban J connectivity index is 0.000000479. The first-order valence-corrected chi connectivity index (χ1v) is 12.3. The molecule has 3 aromatic rings. The number of anilines is 1. The van der Waals surface area contributed by atoms with Crippen LogP contribution in [0, 0.1) is 70.6 Å². The van der Waals surface area contributed by atoms with Crippen molar-refractivity contribution in [3.8, 4) is 0 Å². The number of rotatable bonds is 4. The van der Waals surface area contributed by atoms with E-state index >= 15 is 0 Å². The van der Waals surface area contributed by atoms with Crippen molar-refractivity contribution >= 4 is 23.1 Å². The number of hydrogen-bond acceptors (Lipinski definition) is 3. The first-order chi connectivity index (χ1) is 17.7. The molecule has 2 heterocycles. The fourth-order valence-corrected chi connectivity index (χ4v) is 4.35. The number of hydrogen-bond donors (Lipinski definition) is 0. The molecule has 1 aliphatic heterocycles. The summed E-state index contributed by atoms with van der Waals surface area (Å²) < 4.78 is 0. The molecule has 0 amide bonds. The summed E-state index contributed by atoms with van der Waals surface area (Å²) in [7, 11) is 0. The fourth-order valence-electron chi connectivity index (χ4n) is 4.22. The van der Waals surface area contributed by atoms with Gasteiger partial charge in [-0.05, 0) is 112 Å². The van der Waals surface area contributed by atoms with E-state index in [1.807, 2.05) is 80.8 Å². The van der Waals surface area contributed by atoms with Crippen molar-refractivity contribution in [2.75, 3.05) is 4.90 Å². The molecule has 1 atom stereocenters. The van der Waals surface area contributed by atoms with Crippen molar-refractivity contribution in [2.24, 2.45) is 4.99 Å². The van der Waals surface area contributed by atoms with Crippen molar-refractivity contribution in [3.05, 3.63) is 170 Å². The summed E-state index contributed by atoms with van der Waals surface area (Å²) in [5, 5.41) is 0.718. The van der Waals surface area contributed by atoms with E-state index in [9.17, 15) is 0 Å². The average molecular weight is 544 g/mol. The zero-order chi connectivity index (χ0) is 24.7. The van der Waals surface area contributed by atoms with Crippen LogP contribution in [-0.4, -0.2) is 10.8 Å². The zero-order valence-electron chi connectivity index (χ0n) is 20.4. The zero-order valence-corrected chi connectivity index (χ0v) is 22.2. The summed E-state index contributed by atoms with van der Waals surface area (Å²) in [6.45, 7) is 2.12. The standard InChI is InChI=1S/C27H21ClN3.C5H5.Fe/c1-19-8-2-5-12-25(19)31-26(21-9-3-4-10-21)18-24(20-13-15-22(28)16-14-20)30-27(31)23-11-6-7-17-29-23;1-2-4-5-3-1;/h2-18,24H,1H3;1-5H;/q;;+2. The van der Waals surface area contributed by atoms with Gasteiger partial charge in [-0.15, -0.1) is 0 Å². The maximum atomic E-state index is 6.14. The van der Waals surface area contributed by atoms with E-state index in [0.29, 0.717) is 0 Å². The van der Waals surface area contributed by atoms with Crippen LogP contribution in [-0.2, 0) is 17.1 Å². The second kappa shape index (κ2) is 13.4. The second-order valence-corrected chi connectivity index (χ2v) is 8.91. The molecule has 0 N–H and O–H groups in total. The molecule has 2 saturated carbocycles. The van der Waals surface area contributed by atoms with Gasteiger partial charge < -0.3 is 0 Å². The number of allylic oxidation sites excluding steroid dienone is 1. The molecule has 1 aromatic heterocycles. The summed E-state index contributed by atoms with van der Waals surface area (Å²) >= 11 is 6.14. The molecule has 3 aliphatic rings. The second-order valence-electron chi connectivity index (χ2n) is 8.47. The van der Waals surface area contributed by atoms with Crippen LogP contribution in [0.3, 0.4) is 0 Å². The van der Waals surface area contributed by atoms with E-state index in [1.54, 1.807) is 0 Å². The van der Waals surface area contributed by atoms with E-state index in [1.165, 1.54) is 5.56 Å². The molecule has 37 heavy (non-hydrogen) atoms. The van der Waals surface area contributed by atoms with E-state index in [2.05, 4.69) is 72.8 Å². The Morgan fingerprint density at radius 3 is 2.03 bits per heavy atom. The number of pyridine rings is 1. The third-order valence-corrected chi connectivity index (χ3v) is 6.26. The van der Waals surface area contributed by atoms with Gasteiger partial charge >= 0.3 is 17.1 Å². The van der Waals surface area contributed by atoms with Gasteiger partial charge in [-0.3, -0.25) is 14.9 Å². The van der Waals surface area contributed by atoms with Gasteiger partial charge in [-0.1, -0.05) is 48.0 Å². The molecule has 6 rings (SSSR count). The Labute approximate surface area is 237 Å². The van der Waals surface area contributed by atoms with Crippen molar-refractivity contribution < 1.29 is 17.1 Å². The van der Waals surface area contributed by atoms with Gasteiger partial charge in [-0.2, -0.15) is 0 Å². The van der Waals surface area contributed by atoms with Gasteiger partial charge in [0.05, 0.1) is 11.7 Å². The fraction of sp³-hybridized carbons (Fsp3) is 0.0625. The van der Waals surface area contributed by atoms with Gasteiger partial charge in [-0.25, -0.2) is 0 Å². The number of amidine groups is 1. The Morgan fingerprint density at radius 2 is 1.41 bits per heavy atom. The summed E-state index contributed by atoms with van der Waals surface area (Å²) in [5.74, 6) is 1.97. The SMILES string of the molecule is Cc1ccccc1N1C([C]2[CH][CH][CH][CH]2)=CC(c2ccc(Cl)cc2)N=C1c1ccccn1.[CH]1[CH][CH][CH][CH]1.[Fe+2]. The summed E-state index contributed by atoms with van der Waals surface area (Å²) in [5.41, 5.74) is 5.28. The predicted molar refractivity (Wildman–Crippen MR) is 149 cm³/mol. The number of benzene rings is 2. The minimum atomic E-state index is -0.139. The number of nitrogens with zero attached hydrogens (tertiary/aromatic N) is 3. The van der Waals surface area contributed by atoms with Gasteiger partial charge in [0.2, 0.25) is 0 Å². The Morgan fingerprint density at radius 1 is 0.757 bits per heavy atom. The molecule has 2 fully saturated rings. The topological polar surface area (TPSA) is 28.5 Å². The van der Waals surface area contributed by atoms with E-state index in [-0.39, 0.29) is 23.1 Å². The van der Waals surface area contributed by atoms with Crippen LogP contribution in [0.15, 0.2) is 89.7 Å². The minimum absolute atomic E-state index is 0. The van der Waals surface area contributed by atoms with Crippen LogP contribution >= 0.6 is 11.6 Å². The number of halogens is 1. The molecule has 0 spiro atoms. The molecule has 0 saturated heterocycles. The van der Waals surface area contributed by atoms with Crippen LogP contribution in [0.4, 0.5) is 5.69 Å². The van der Waals surface area contributed by atoms with Gasteiger partial charge in [0.1, 0.15) is 5.69 Å². The van der Waals surface area contributed by atoms with Crippen molar-refractivity contribution in [1.82, 2.24) is 4.98 Å². The molecule has 1 unspecified atom stereocenters. The third-order valence-electron chi connectivity index (χ3n) is 6.01. The van der Waals surface area contributed by atoms with Crippen molar-refractivity contribution in [1.29, 1.82) is 0 Å². The monoisotopic (exact) mass is 543 g/mol. The Bertz CT molecular complexity index is 1190. The molecule has 0 bridgehead atoms. The molecule has 2 aliphatic carbocycles. The number of aryl methyl sites for hydroxylation is 1. The third kappa shape index (κ3) is 6.74.